The van der Waals surface area contributed by atoms with E-state index in [-0.39, 0.29) is 6.61 Å². The average molecular weight is 559 g/mol. The summed E-state index contributed by atoms with van der Waals surface area (Å²) >= 11 is 0. The van der Waals surface area contributed by atoms with Crippen LogP contribution < -0.4 is 0 Å². The Bertz CT molecular complexity index is 725. The third kappa shape index (κ3) is 15.8. The van der Waals surface area contributed by atoms with Gasteiger partial charge in [-0.15, -0.1) is 0 Å². The Balaban J connectivity index is 2.60. The number of hydrogen-bond donors (Lipinski definition) is 0. The van der Waals surface area contributed by atoms with Crippen LogP contribution in [-0.4, -0.2) is 67.8 Å². The van der Waals surface area contributed by atoms with Crippen LogP contribution in [0.25, 0.3) is 0 Å². The third-order valence-electron chi connectivity index (χ3n) is 6.48. The normalized spacial score (nSPS) is 22.6. The molecule has 0 N–H and O–H groups in total. The maximum absolute atomic E-state index is 11.9. The Morgan fingerprint density at radius 1 is 0.564 bits per heavy atom. The van der Waals surface area contributed by atoms with Crippen LogP contribution in [0.15, 0.2) is 0 Å². The van der Waals surface area contributed by atoms with Crippen molar-refractivity contribution < 1.29 is 47.6 Å². The third-order valence-corrected chi connectivity index (χ3v) is 6.48. The van der Waals surface area contributed by atoms with Crippen molar-refractivity contribution in [1.29, 1.82) is 0 Å². The van der Waals surface area contributed by atoms with Gasteiger partial charge in [0, 0.05) is 34.3 Å². The van der Waals surface area contributed by atoms with Crippen molar-refractivity contribution in [2.24, 2.45) is 0 Å². The van der Waals surface area contributed by atoms with Gasteiger partial charge in [-0.05, 0) is 6.42 Å². The molecule has 1 saturated heterocycles. The molecule has 10 heteroatoms. The van der Waals surface area contributed by atoms with E-state index in [1.165, 1.54) is 91.9 Å². The van der Waals surface area contributed by atoms with Crippen LogP contribution >= 0.6 is 0 Å². The molecule has 1 heterocycles. The highest BCUT2D eigenvalue weighted by Crippen LogP contribution is 2.30. The number of ether oxygens (including phenoxy) is 6. The topological polar surface area (TPSA) is 124 Å². The van der Waals surface area contributed by atoms with Gasteiger partial charge >= 0.3 is 23.9 Å². The number of carbonyl (C=O) groups excluding carboxylic acids is 4. The van der Waals surface area contributed by atoms with Crippen LogP contribution in [0.2, 0.25) is 0 Å². The first-order valence-electron chi connectivity index (χ1n) is 14.6. The second kappa shape index (κ2) is 20.7. The van der Waals surface area contributed by atoms with E-state index in [9.17, 15) is 19.2 Å². The minimum Gasteiger partial charge on any atom is -0.463 e. The van der Waals surface area contributed by atoms with Crippen molar-refractivity contribution in [3.05, 3.63) is 0 Å². The molecule has 39 heavy (non-hydrogen) atoms. The molecular weight excluding hydrogens is 508 g/mol. The van der Waals surface area contributed by atoms with Crippen LogP contribution in [0.1, 0.15) is 118 Å². The van der Waals surface area contributed by atoms with Crippen molar-refractivity contribution in [3.63, 3.8) is 0 Å². The van der Waals surface area contributed by atoms with Gasteiger partial charge in [0.05, 0.1) is 0 Å². The molecular formula is C29H50O10. The fourth-order valence-corrected chi connectivity index (χ4v) is 4.64. The van der Waals surface area contributed by atoms with Crippen molar-refractivity contribution in [2.75, 3.05) is 13.2 Å². The number of hydrogen-bond acceptors (Lipinski definition) is 10. The molecule has 1 unspecified atom stereocenters. The molecule has 1 fully saturated rings. The molecule has 0 aromatic heterocycles. The molecule has 5 atom stereocenters. The molecule has 0 spiro atoms. The molecule has 1 rings (SSSR count). The van der Waals surface area contributed by atoms with Gasteiger partial charge in [-0.3, -0.25) is 19.2 Å². The highest BCUT2D eigenvalue weighted by molar-refractivity contribution is 5.68. The van der Waals surface area contributed by atoms with Crippen LogP contribution in [0, 0.1) is 0 Å². The van der Waals surface area contributed by atoms with E-state index in [4.69, 9.17) is 28.4 Å². The second-order valence-electron chi connectivity index (χ2n) is 10.2. The van der Waals surface area contributed by atoms with Gasteiger partial charge in [0.2, 0.25) is 0 Å². The maximum atomic E-state index is 11.9. The molecule has 0 aromatic rings. The first-order valence-corrected chi connectivity index (χ1v) is 14.6. The fourth-order valence-electron chi connectivity index (χ4n) is 4.64. The highest BCUT2D eigenvalue weighted by Gasteiger charge is 2.52. The summed E-state index contributed by atoms with van der Waals surface area (Å²) in [5.41, 5.74) is 0. The zero-order valence-electron chi connectivity index (χ0n) is 24.6. The predicted octanol–water partition coefficient (Wildman–Crippen LogP) is 5.18. The summed E-state index contributed by atoms with van der Waals surface area (Å²) in [5, 5.41) is 0. The minimum atomic E-state index is -1.21. The lowest BCUT2D eigenvalue weighted by Gasteiger charge is -2.44. The lowest BCUT2D eigenvalue weighted by molar-refractivity contribution is -0.308. The van der Waals surface area contributed by atoms with Crippen LogP contribution in [0.3, 0.4) is 0 Å². The summed E-state index contributed by atoms with van der Waals surface area (Å²) in [6.45, 7) is 7.11. The highest BCUT2D eigenvalue weighted by atomic mass is 16.7. The lowest BCUT2D eigenvalue weighted by Crippen LogP contribution is -2.63. The Morgan fingerprint density at radius 3 is 1.46 bits per heavy atom. The zero-order valence-corrected chi connectivity index (χ0v) is 24.6. The maximum Gasteiger partial charge on any atom is 0.303 e. The van der Waals surface area contributed by atoms with E-state index in [0.29, 0.717) is 6.61 Å². The number of unbranched alkanes of at least 4 members (excludes halogenated alkanes) is 12. The monoisotopic (exact) mass is 558 g/mol. The molecule has 226 valence electrons. The molecule has 0 aromatic carbocycles. The number of esters is 4. The van der Waals surface area contributed by atoms with Gasteiger partial charge in [0.1, 0.15) is 12.7 Å². The van der Waals surface area contributed by atoms with Crippen molar-refractivity contribution >= 4 is 23.9 Å². The Labute approximate surface area is 233 Å². The van der Waals surface area contributed by atoms with Gasteiger partial charge in [0.25, 0.3) is 0 Å². The van der Waals surface area contributed by atoms with E-state index < -0.39 is 54.6 Å². The van der Waals surface area contributed by atoms with Gasteiger partial charge in [-0.25, -0.2) is 0 Å². The molecule has 10 nitrogen and oxygen atoms in total. The van der Waals surface area contributed by atoms with E-state index >= 15 is 0 Å². The van der Waals surface area contributed by atoms with Crippen molar-refractivity contribution in [3.8, 4) is 0 Å². The van der Waals surface area contributed by atoms with Gasteiger partial charge in [0.15, 0.2) is 24.6 Å². The van der Waals surface area contributed by atoms with E-state index in [0.717, 1.165) is 19.3 Å². The summed E-state index contributed by atoms with van der Waals surface area (Å²) in [6, 6.07) is 0. The lowest BCUT2D eigenvalue weighted by atomic mass is 9.98. The Morgan fingerprint density at radius 2 is 1.00 bits per heavy atom. The minimum absolute atomic E-state index is 0.267. The van der Waals surface area contributed by atoms with Crippen molar-refractivity contribution in [1.82, 2.24) is 0 Å². The Kier molecular flexibility index (Phi) is 18.5. The zero-order chi connectivity index (χ0) is 29.0. The van der Waals surface area contributed by atoms with Crippen LogP contribution in [0.4, 0.5) is 0 Å². The van der Waals surface area contributed by atoms with Crippen molar-refractivity contribution in [2.45, 2.75) is 149 Å². The summed E-state index contributed by atoms with van der Waals surface area (Å²) in [5.74, 6) is -2.54. The standard InChI is InChI=1S/C29H50O10/c1-6-7-8-9-10-11-12-13-14-15-16-17-18-19-34-29-28(38-24(5)33)27(37-23(4)32)26(36-22(3)31)25(39-29)20-35-21(2)30/h25-29H,6-20H2,1-5H3/t25-,26-,27+,28-,29?/m1/s1. The number of carbonyl (C=O) groups is 4. The molecule has 0 bridgehead atoms. The quantitative estimate of drug-likeness (QED) is 0.112. The molecule has 0 saturated carbocycles. The summed E-state index contributed by atoms with van der Waals surface area (Å²) in [6.07, 6.45) is 10.2. The van der Waals surface area contributed by atoms with E-state index in [1.807, 2.05) is 0 Å². The summed E-state index contributed by atoms with van der Waals surface area (Å²) in [4.78, 5) is 47.0. The molecule has 1 aliphatic heterocycles. The van der Waals surface area contributed by atoms with Gasteiger partial charge < -0.3 is 28.4 Å². The van der Waals surface area contributed by atoms with Gasteiger partial charge in [-0.1, -0.05) is 84.0 Å². The van der Waals surface area contributed by atoms with Crippen LogP contribution in [-0.2, 0) is 47.6 Å². The molecule has 0 amide bonds. The first-order chi connectivity index (χ1) is 18.6. The fraction of sp³-hybridized carbons (Fsp3) is 0.862. The van der Waals surface area contributed by atoms with E-state index in [1.54, 1.807) is 0 Å². The average Bonchev–Trinajstić information content (AvgIpc) is 2.85. The summed E-state index contributed by atoms with van der Waals surface area (Å²) in [7, 11) is 0. The molecule has 1 aliphatic rings. The SMILES string of the molecule is CCCCCCCCCCCCCCCOC1O[C@H](COC(C)=O)[C@@H](OC(C)=O)[C@H](OC(C)=O)[C@H]1OC(C)=O. The largest absolute Gasteiger partial charge is 0.463 e. The first kappa shape index (κ1) is 34.8. The smallest absolute Gasteiger partial charge is 0.303 e. The molecule has 0 aliphatic carbocycles. The van der Waals surface area contributed by atoms with Gasteiger partial charge in [-0.2, -0.15) is 0 Å². The predicted molar refractivity (Wildman–Crippen MR) is 144 cm³/mol. The second-order valence-corrected chi connectivity index (χ2v) is 10.2. The Hall–Kier alpha value is -2.20. The van der Waals surface area contributed by atoms with Crippen LogP contribution in [0.5, 0.6) is 0 Å². The molecule has 0 radical (unpaired) electrons. The summed E-state index contributed by atoms with van der Waals surface area (Å²) < 4.78 is 33.1. The number of rotatable bonds is 20. The van der Waals surface area contributed by atoms with E-state index in [2.05, 4.69) is 6.92 Å².